The van der Waals surface area contributed by atoms with Crippen LogP contribution in [0.1, 0.15) is 48.5 Å². The lowest BCUT2D eigenvalue weighted by Crippen LogP contribution is -2.07. The molecule has 0 fully saturated rings. The first-order valence-corrected chi connectivity index (χ1v) is 7.91. The monoisotopic (exact) mass is 341 g/mol. The summed E-state index contributed by atoms with van der Waals surface area (Å²) in [5.74, 6) is 1.26. The van der Waals surface area contributed by atoms with Gasteiger partial charge in [0.05, 0.1) is 0 Å². The van der Waals surface area contributed by atoms with E-state index in [1.807, 2.05) is 44.7 Å². The van der Waals surface area contributed by atoms with Gasteiger partial charge in [-0.1, -0.05) is 53.7 Å². The molecule has 1 aromatic rings. The topological polar surface area (TPSA) is 30.2 Å². The van der Waals surface area contributed by atoms with Crippen molar-refractivity contribution in [1.82, 2.24) is 9.55 Å². The summed E-state index contributed by atoms with van der Waals surface area (Å²) in [4.78, 5) is 8.47. The minimum absolute atomic E-state index is 0.501. The summed E-state index contributed by atoms with van der Waals surface area (Å²) in [6, 6.07) is 0. The minimum atomic E-state index is 0.501. The van der Waals surface area contributed by atoms with E-state index >= 15 is 0 Å². The van der Waals surface area contributed by atoms with Crippen molar-refractivity contribution in [2.45, 2.75) is 48.5 Å². The predicted octanol–water partition coefficient (Wildman–Crippen LogP) is 5.69. The fourth-order valence-corrected chi connectivity index (χ4v) is 1.40. The second-order valence-electron chi connectivity index (χ2n) is 3.79. The van der Waals surface area contributed by atoms with Gasteiger partial charge in [0.15, 0.2) is 4.73 Å². The lowest BCUT2D eigenvalue weighted by molar-refractivity contribution is 0.766. The SMILES string of the molecule is C=CC(=N/C=C(\C)C(C)C)n1ccnc1Br.CC.CC. The van der Waals surface area contributed by atoms with Crippen LogP contribution >= 0.6 is 15.9 Å². The smallest absolute Gasteiger partial charge is 0.182 e. The Morgan fingerprint density at radius 3 is 2.25 bits per heavy atom. The molecular weight excluding hydrogens is 314 g/mol. The molecular formula is C16H28BrN3. The van der Waals surface area contributed by atoms with Crippen LogP contribution in [0.25, 0.3) is 0 Å². The number of hydrogen-bond donors (Lipinski definition) is 0. The fraction of sp³-hybridized carbons (Fsp3) is 0.500. The first kappa shape index (κ1) is 21.1. The Hall–Kier alpha value is -1.16. The minimum Gasteiger partial charge on any atom is -0.278 e. The van der Waals surface area contributed by atoms with Crippen molar-refractivity contribution in [1.29, 1.82) is 0 Å². The van der Waals surface area contributed by atoms with E-state index in [0.29, 0.717) is 5.92 Å². The Morgan fingerprint density at radius 1 is 1.35 bits per heavy atom. The molecule has 0 amide bonds. The number of rotatable bonds is 3. The Bertz CT molecular complexity index is 429. The molecule has 0 unspecified atom stereocenters. The summed E-state index contributed by atoms with van der Waals surface area (Å²) in [5, 5.41) is 0. The maximum absolute atomic E-state index is 4.40. The van der Waals surface area contributed by atoms with Crippen LogP contribution in [-0.4, -0.2) is 15.4 Å². The van der Waals surface area contributed by atoms with Gasteiger partial charge in [-0.15, -0.1) is 0 Å². The molecule has 0 aromatic carbocycles. The molecule has 0 spiro atoms. The molecule has 1 aromatic heterocycles. The lowest BCUT2D eigenvalue weighted by Gasteiger charge is -2.04. The van der Waals surface area contributed by atoms with Crippen molar-refractivity contribution in [2.24, 2.45) is 10.9 Å². The zero-order chi connectivity index (χ0) is 16.1. The molecule has 0 saturated heterocycles. The molecule has 1 rings (SSSR count). The average molecular weight is 342 g/mol. The van der Waals surface area contributed by atoms with Crippen LogP contribution in [0.15, 0.2) is 46.5 Å². The first-order chi connectivity index (χ1) is 9.56. The zero-order valence-corrected chi connectivity index (χ0v) is 15.4. The van der Waals surface area contributed by atoms with E-state index < -0.39 is 0 Å². The number of aliphatic imine (C=N–C) groups is 1. The summed E-state index contributed by atoms with van der Waals surface area (Å²) in [6.45, 7) is 18.1. The molecule has 0 aliphatic heterocycles. The normalized spacial score (nSPS) is 11.2. The van der Waals surface area contributed by atoms with E-state index in [-0.39, 0.29) is 0 Å². The zero-order valence-electron chi connectivity index (χ0n) is 13.8. The van der Waals surface area contributed by atoms with Crippen LogP contribution in [0.4, 0.5) is 0 Å². The Kier molecular flexibility index (Phi) is 13.6. The molecule has 4 heteroatoms. The standard InChI is InChI=1S/C12H16BrN3.2C2H6/c1-5-11(15-8-10(4)9(2)3)16-7-6-14-12(16)13;2*1-2/h5-9H,1H2,2-4H3;2*1-2H3/b10-8+,15-11?;;. The van der Waals surface area contributed by atoms with Gasteiger partial charge in [-0.05, 0) is 34.8 Å². The molecule has 0 radical (unpaired) electrons. The largest absolute Gasteiger partial charge is 0.278 e. The van der Waals surface area contributed by atoms with E-state index in [4.69, 9.17) is 0 Å². The molecule has 114 valence electrons. The number of imidazole rings is 1. The number of aromatic nitrogens is 2. The van der Waals surface area contributed by atoms with E-state index in [2.05, 4.69) is 53.3 Å². The van der Waals surface area contributed by atoms with Gasteiger partial charge in [0, 0.05) is 18.6 Å². The maximum Gasteiger partial charge on any atom is 0.182 e. The molecule has 0 aliphatic carbocycles. The van der Waals surface area contributed by atoms with Crippen LogP contribution in [0, 0.1) is 5.92 Å². The van der Waals surface area contributed by atoms with Crippen LogP contribution in [0.3, 0.4) is 0 Å². The van der Waals surface area contributed by atoms with Crippen LogP contribution in [0.2, 0.25) is 0 Å². The highest BCUT2D eigenvalue weighted by molar-refractivity contribution is 9.10. The number of nitrogens with zero attached hydrogens (tertiary/aromatic N) is 3. The van der Waals surface area contributed by atoms with Gasteiger partial charge in [-0.25, -0.2) is 9.98 Å². The summed E-state index contributed by atoms with van der Waals surface area (Å²) in [6.07, 6.45) is 7.12. The molecule has 0 aliphatic rings. The second kappa shape index (κ2) is 12.9. The second-order valence-corrected chi connectivity index (χ2v) is 4.49. The van der Waals surface area contributed by atoms with Crippen molar-refractivity contribution in [3.05, 3.63) is 41.6 Å². The number of hydrogen-bond acceptors (Lipinski definition) is 2. The highest BCUT2D eigenvalue weighted by atomic mass is 79.9. The van der Waals surface area contributed by atoms with E-state index in [9.17, 15) is 0 Å². The predicted molar refractivity (Wildman–Crippen MR) is 94.2 cm³/mol. The van der Waals surface area contributed by atoms with Crippen molar-refractivity contribution in [3.8, 4) is 0 Å². The van der Waals surface area contributed by atoms with E-state index in [1.54, 1.807) is 12.3 Å². The first-order valence-electron chi connectivity index (χ1n) is 7.12. The molecule has 0 N–H and O–H groups in total. The van der Waals surface area contributed by atoms with E-state index in [0.717, 1.165) is 10.6 Å². The number of allylic oxidation sites excluding steroid dienone is 2. The van der Waals surface area contributed by atoms with Gasteiger partial charge in [0.1, 0.15) is 5.84 Å². The van der Waals surface area contributed by atoms with Gasteiger partial charge in [0.2, 0.25) is 0 Å². The van der Waals surface area contributed by atoms with Crippen LogP contribution in [0.5, 0.6) is 0 Å². The van der Waals surface area contributed by atoms with Gasteiger partial charge in [-0.3, -0.25) is 4.57 Å². The average Bonchev–Trinajstić information content (AvgIpc) is 2.90. The van der Waals surface area contributed by atoms with Crippen LogP contribution < -0.4 is 0 Å². The third-order valence-corrected chi connectivity index (χ3v) is 2.92. The maximum atomic E-state index is 4.40. The lowest BCUT2D eigenvalue weighted by atomic mass is 10.1. The molecule has 0 saturated carbocycles. The molecule has 1 heterocycles. The molecule has 0 bridgehead atoms. The fourth-order valence-electron chi connectivity index (χ4n) is 0.986. The highest BCUT2D eigenvalue weighted by Gasteiger charge is 2.02. The van der Waals surface area contributed by atoms with Crippen molar-refractivity contribution in [2.75, 3.05) is 0 Å². The Balaban J connectivity index is 0. The van der Waals surface area contributed by atoms with Crippen LogP contribution in [-0.2, 0) is 0 Å². The third kappa shape index (κ3) is 7.43. The van der Waals surface area contributed by atoms with Crippen molar-refractivity contribution in [3.63, 3.8) is 0 Å². The summed E-state index contributed by atoms with van der Waals surface area (Å²) in [5.41, 5.74) is 1.23. The van der Waals surface area contributed by atoms with Gasteiger partial charge >= 0.3 is 0 Å². The summed E-state index contributed by atoms with van der Waals surface area (Å²) < 4.78 is 2.55. The summed E-state index contributed by atoms with van der Waals surface area (Å²) in [7, 11) is 0. The Morgan fingerprint density at radius 2 is 1.90 bits per heavy atom. The van der Waals surface area contributed by atoms with Gasteiger partial charge in [0.25, 0.3) is 0 Å². The molecule has 20 heavy (non-hydrogen) atoms. The van der Waals surface area contributed by atoms with Gasteiger partial charge < -0.3 is 0 Å². The quantitative estimate of drug-likeness (QED) is 0.512. The number of halogens is 1. The van der Waals surface area contributed by atoms with Crippen molar-refractivity contribution >= 4 is 21.8 Å². The summed E-state index contributed by atoms with van der Waals surface area (Å²) >= 11 is 3.35. The van der Waals surface area contributed by atoms with Crippen molar-refractivity contribution < 1.29 is 0 Å². The highest BCUT2D eigenvalue weighted by Crippen LogP contribution is 2.10. The Labute approximate surface area is 132 Å². The molecule has 3 nitrogen and oxygen atoms in total. The third-order valence-electron chi connectivity index (χ3n) is 2.34. The van der Waals surface area contributed by atoms with E-state index in [1.165, 1.54) is 5.57 Å². The molecule has 0 atom stereocenters. The van der Waals surface area contributed by atoms with Gasteiger partial charge in [-0.2, -0.15) is 0 Å².